The average Bonchev–Trinajstić information content (AvgIpc) is 1.93. The van der Waals surface area contributed by atoms with Crippen molar-refractivity contribution in [2.75, 3.05) is 5.73 Å². The number of nitrogens with two attached hydrogens (primary N) is 1. The first kappa shape index (κ1) is 7.64. The molecule has 0 unspecified atom stereocenters. The molecular formula is C5H5F2N3O. The second-order valence-corrected chi connectivity index (χ2v) is 1.67. The Morgan fingerprint density at radius 1 is 1.36 bits per heavy atom. The Labute approximate surface area is 61.0 Å². The molecule has 1 aromatic heterocycles. The summed E-state index contributed by atoms with van der Waals surface area (Å²) in [4.78, 5) is 0. The summed E-state index contributed by atoms with van der Waals surface area (Å²) in [6, 6.07) is 2.54. The molecule has 4 nitrogen and oxygen atoms in total. The minimum atomic E-state index is -2.88. The summed E-state index contributed by atoms with van der Waals surface area (Å²) < 4.78 is 26.9. The highest BCUT2D eigenvalue weighted by Crippen LogP contribution is 2.08. The van der Waals surface area contributed by atoms with Crippen LogP contribution in [0.2, 0.25) is 0 Å². The Morgan fingerprint density at radius 2 is 2.09 bits per heavy atom. The number of nitrogen functional groups attached to an aromatic ring is 1. The van der Waals surface area contributed by atoms with Gasteiger partial charge in [0.05, 0.1) is 0 Å². The third kappa shape index (κ3) is 2.32. The number of ether oxygens (including phenoxy) is 1. The van der Waals surface area contributed by atoms with Crippen molar-refractivity contribution in [2.45, 2.75) is 6.61 Å². The van der Waals surface area contributed by atoms with E-state index in [1.165, 1.54) is 12.1 Å². The fourth-order valence-electron chi connectivity index (χ4n) is 0.484. The fraction of sp³-hybridized carbons (Fsp3) is 0.200. The van der Waals surface area contributed by atoms with Crippen molar-refractivity contribution >= 4 is 5.82 Å². The number of alkyl halides is 2. The van der Waals surface area contributed by atoms with Gasteiger partial charge in [0.2, 0.25) is 5.88 Å². The average molecular weight is 161 g/mol. The molecule has 1 heterocycles. The molecule has 6 heteroatoms. The van der Waals surface area contributed by atoms with Crippen LogP contribution in [-0.4, -0.2) is 16.8 Å². The Balaban J connectivity index is 2.66. The first-order valence-corrected chi connectivity index (χ1v) is 2.72. The molecule has 60 valence electrons. The van der Waals surface area contributed by atoms with Crippen LogP contribution in [-0.2, 0) is 0 Å². The first-order valence-electron chi connectivity index (χ1n) is 2.72. The number of halogens is 2. The second kappa shape index (κ2) is 3.09. The van der Waals surface area contributed by atoms with Crippen LogP contribution in [0.15, 0.2) is 12.1 Å². The van der Waals surface area contributed by atoms with Crippen molar-refractivity contribution in [3.05, 3.63) is 12.1 Å². The number of nitrogens with zero attached hydrogens (tertiary/aromatic N) is 2. The highest BCUT2D eigenvalue weighted by Gasteiger charge is 2.04. The minimum Gasteiger partial charge on any atom is -0.415 e. The maximum Gasteiger partial charge on any atom is 0.388 e. The summed E-state index contributed by atoms with van der Waals surface area (Å²) in [6.07, 6.45) is 0. The maximum absolute atomic E-state index is 11.5. The monoisotopic (exact) mass is 161 g/mol. The lowest BCUT2D eigenvalue weighted by atomic mass is 10.5. The van der Waals surface area contributed by atoms with Gasteiger partial charge in [0.1, 0.15) is 5.82 Å². The van der Waals surface area contributed by atoms with Gasteiger partial charge in [0.15, 0.2) is 0 Å². The van der Waals surface area contributed by atoms with Gasteiger partial charge < -0.3 is 10.5 Å². The maximum atomic E-state index is 11.5. The zero-order valence-electron chi connectivity index (χ0n) is 5.37. The molecule has 0 amide bonds. The molecule has 0 radical (unpaired) electrons. The predicted molar refractivity (Wildman–Crippen MR) is 33.1 cm³/mol. The van der Waals surface area contributed by atoms with Crippen LogP contribution in [0.1, 0.15) is 0 Å². The van der Waals surface area contributed by atoms with Gasteiger partial charge in [0.25, 0.3) is 0 Å². The third-order valence-electron chi connectivity index (χ3n) is 0.871. The highest BCUT2D eigenvalue weighted by molar-refractivity contribution is 5.27. The molecule has 11 heavy (non-hydrogen) atoms. The quantitative estimate of drug-likeness (QED) is 0.692. The SMILES string of the molecule is Nc1ccc(OC(F)F)nn1. The first-order chi connectivity index (χ1) is 5.18. The zero-order valence-corrected chi connectivity index (χ0v) is 5.37. The van der Waals surface area contributed by atoms with Crippen LogP contribution >= 0.6 is 0 Å². The van der Waals surface area contributed by atoms with Crippen molar-refractivity contribution in [2.24, 2.45) is 0 Å². The number of rotatable bonds is 2. The lowest BCUT2D eigenvalue weighted by molar-refractivity contribution is -0.0534. The molecular weight excluding hydrogens is 156 g/mol. The van der Waals surface area contributed by atoms with Crippen LogP contribution in [0.4, 0.5) is 14.6 Å². The lowest BCUT2D eigenvalue weighted by Gasteiger charge is -2.00. The van der Waals surface area contributed by atoms with E-state index in [0.717, 1.165) is 0 Å². The van der Waals surface area contributed by atoms with Gasteiger partial charge in [0, 0.05) is 6.07 Å². The zero-order chi connectivity index (χ0) is 8.27. The van der Waals surface area contributed by atoms with Crippen LogP contribution < -0.4 is 10.5 Å². The molecule has 0 saturated heterocycles. The summed E-state index contributed by atoms with van der Waals surface area (Å²) in [7, 11) is 0. The summed E-state index contributed by atoms with van der Waals surface area (Å²) in [6.45, 7) is -2.88. The third-order valence-corrected chi connectivity index (χ3v) is 0.871. The van der Waals surface area contributed by atoms with E-state index in [9.17, 15) is 8.78 Å². The smallest absolute Gasteiger partial charge is 0.388 e. The Morgan fingerprint density at radius 3 is 2.55 bits per heavy atom. The molecule has 2 N–H and O–H groups in total. The molecule has 0 aliphatic carbocycles. The topological polar surface area (TPSA) is 61.0 Å². The molecule has 0 aliphatic rings. The number of hydrogen-bond acceptors (Lipinski definition) is 4. The van der Waals surface area contributed by atoms with Crippen LogP contribution in [0, 0.1) is 0 Å². The van der Waals surface area contributed by atoms with Crippen LogP contribution in [0.5, 0.6) is 5.88 Å². The normalized spacial score (nSPS) is 10.1. The van der Waals surface area contributed by atoms with E-state index in [0.29, 0.717) is 0 Å². The van der Waals surface area contributed by atoms with E-state index in [1.807, 2.05) is 0 Å². The van der Waals surface area contributed by atoms with Gasteiger partial charge in [-0.3, -0.25) is 0 Å². The number of hydrogen-bond donors (Lipinski definition) is 1. The molecule has 0 spiro atoms. The van der Waals surface area contributed by atoms with Crippen molar-refractivity contribution < 1.29 is 13.5 Å². The predicted octanol–water partition coefficient (Wildman–Crippen LogP) is 0.660. The molecule has 1 aromatic rings. The summed E-state index contributed by atoms with van der Waals surface area (Å²) in [5.41, 5.74) is 5.14. The standard InChI is InChI=1S/C5H5F2N3O/c6-5(7)11-4-2-1-3(8)9-10-4/h1-2,5H,(H2,8,9). The molecule has 0 saturated carbocycles. The van der Waals surface area contributed by atoms with Gasteiger partial charge in [-0.25, -0.2) is 0 Å². The van der Waals surface area contributed by atoms with Gasteiger partial charge in [-0.05, 0) is 6.07 Å². The van der Waals surface area contributed by atoms with Crippen molar-refractivity contribution in [3.63, 3.8) is 0 Å². The van der Waals surface area contributed by atoms with Gasteiger partial charge in [-0.15, -0.1) is 10.2 Å². The van der Waals surface area contributed by atoms with E-state index in [2.05, 4.69) is 14.9 Å². The molecule has 0 fully saturated rings. The molecule has 0 bridgehead atoms. The van der Waals surface area contributed by atoms with E-state index in [1.54, 1.807) is 0 Å². The fourth-order valence-corrected chi connectivity index (χ4v) is 0.484. The van der Waals surface area contributed by atoms with E-state index in [4.69, 9.17) is 5.73 Å². The summed E-state index contributed by atoms with van der Waals surface area (Å²) in [5.74, 6) is -0.0826. The second-order valence-electron chi connectivity index (χ2n) is 1.67. The van der Waals surface area contributed by atoms with Crippen molar-refractivity contribution in [1.29, 1.82) is 0 Å². The molecule has 0 aliphatic heterocycles. The lowest BCUT2D eigenvalue weighted by Crippen LogP contribution is -2.04. The number of aromatic nitrogens is 2. The Bertz CT molecular complexity index is 226. The molecule has 1 rings (SSSR count). The van der Waals surface area contributed by atoms with E-state index >= 15 is 0 Å². The van der Waals surface area contributed by atoms with Crippen LogP contribution in [0.25, 0.3) is 0 Å². The number of anilines is 1. The summed E-state index contributed by atoms with van der Waals surface area (Å²) >= 11 is 0. The van der Waals surface area contributed by atoms with Crippen molar-refractivity contribution in [3.8, 4) is 5.88 Å². The van der Waals surface area contributed by atoms with Gasteiger partial charge in [-0.1, -0.05) is 0 Å². The van der Waals surface area contributed by atoms with Gasteiger partial charge in [-0.2, -0.15) is 8.78 Å². The van der Waals surface area contributed by atoms with E-state index < -0.39 is 6.61 Å². The minimum absolute atomic E-state index is 0.159. The van der Waals surface area contributed by atoms with E-state index in [-0.39, 0.29) is 11.7 Å². The Hall–Kier alpha value is -1.46. The molecule has 0 atom stereocenters. The van der Waals surface area contributed by atoms with Crippen molar-refractivity contribution in [1.82, 2.24) is 10.2 Å². The summed E-state index contributed by atoms with van der Waals surface area (Å²) in [5, 5.41) is 6.54. The molecule has 0 aromatic carbocycles. The van der Waals surface area contributed by atoms with Gasteiger partial charge >= 0.3 is 6.61 Å². The largest absolute Gasteiger partial charge is 0.415 e. The van der Waals surface area contributed by atoms with Crippen LogP contribution in [0.3, 0.4) is 0 Å². The Kier molecular flexibility index (Phi) is 2.15. The highest BCUT2D eigenvalue weighted by atomic mass is 19.3.